The van der Waals surface area contributed by atoms with Gasteiger partial charge in [-0.05, 0) is 68.8 Å². The van der Waals surface area contributed by atoms with Gasteiger partial charge in [0.15, 0.2) is 0 Å². The quantitative estimate of drug-likeness (QED) is 0.359. The first-order valence-corrected chi connectivity index (χ1v) is 12.8. The molecule has 0 saturated carbocycles. The van der Waals surface area contributed by atoms with Crippen LogP contribution in [0.1, 0.15) is 26.8 Å². The van der Waals surface area contributed by atoms with Crippen LogP contribution in [-0.2, 0) is 10.0 Å². The van der Waals surface area contributed by atoms with E-state index in [9.17, 15) is 8.42 Å². The molecule has 5 rings (SSSR count). The highest BCUT2D eigenvalue weighted by Crippen LogP contribution is 2.28. The van der Waals surface area contributed by atoms with Gasteiger partial charge >= 0.3 is 0 Å². The van der Waals surface area contributed by atoms with Crippen molar-refractivity contribution in [3.05, 3.63) is 79.6 Å². The zero-order chi connectivity index (χ0) is 23.9. The molecule has 0 saturated heterocycles. The highest BCUT2D eigenvalue weighted by molar-refractivity contribution is 7.92. The predicted octanol–water partition coefficient (Wildman–Crippen LogP) is 5.02. The number of rotatable bonds is 7. The van der Waals surface area contributed by atoms with Crippen molar-refractivity contribution in [3.8, 4) is 22.5 Å². The number of nitrogens with one attached hydrogen (secondary N) is 1. The van der Waals surface area contributed by atoms with Crippen LogP contribution in [0.5, 0.6) is 0 Å². The molecule has 0 aliphatic carbocycles. The first-order chi connectivity index (χ1) is 16.3. The number of aromatic nitrogens is 5. The highest BCUT2D eigenvalue weighted by atomic mass is 32.2. The molecule has 0 unspecified atom stereocenters. The van der Waals surface area contributed by atoms with E-state index in [1.165, 1.54) is 0 Å². The van der Waals surface area contributed by atoms with Gasteiger partial charge < -0.3 is 4.57 Å². The standard InChI is InChI=1S/C25H26N6O2S/c1-4-34(32,33)28-21-12-22(29-9-5-6-10-29)14-23(13-21)30-17-26-24-11-19(7-8-25(24)30)20-15-27-31(16-20)18(2)3/h5-18,28H,4H2,1-3H3. The van der Waals surface area contributed by atoms with Crippen molar-refractivity contribution in [2.24, 2.45) is 0 Å². The zero-order valence-electron chi connectivity index (χ0n) is 19.3. The Bertz CT molecular complexity index is 1560. The van der Waals surface area contributed by atoms with E-state index in [2.05, 4.69) is 34.7 Å². The van der Waals surface area contributed by atoms with Gasteiger partial charge in [-0.1, -0.05) is 6.07 Å². The van der Waals surface area contributed by atoms with Crippen LogP contribution in [0.3, 0.4) is 0 Å². The van der Waals surface area contributed by atoms with E-state index < -0.39 is 10.0 Å². The molecule has 5 aromatic rings. The SMILES string of the molecule is CCS(=O)(=O)Nc1cc(-n2cccc2)cc(-n2cnc3cc(-c4cnn(C(C)C)c4)ccc32)c1. The van der Waals surface area contributed by atoms with E-state index in [-0.39, 0.29) is 5.75 Å². The van der Waals surface area contributed by atoms with Crippen molar-refractivity contribution in [2.75, 3.05) is 10.5 Å². The summed E-state index contributed by atoms with van der Waals surface area (Å²) >= 11 is 0. The number of nitrogens with zero attached hydrogens (tertiary/aromatic N) is 5. The molecule has 0 amide bonds. The van der Waals surface area contributed by atoms with Gasteiger partial charge in [0.1, 0.15) is 6.33 Å². The average molecular weight is 475 g/mol. The molecule has 0 atom stereocenters. The van der Waals surface area contributed by atoms with Gasteiger partial charge in [0.05, 0.1) is 34.4 Å². The first kappa shape index (κ1) is 22.0. The number of anilines is 1. The van der Waals surface area contributed by atoms with E-state index in [1.54, 1.807) is 13.3 Å². The molecule has 0 radical (unpaired) electrons. The van der Waals surface area contributed by atoms with E-state index in [0.717, 1.165) is 33.5 Å². The molecule has 9 heteroatoms. The van der Waals surface area contributed by atoms with Crippen molar-refractivity contribution >= 4 is 26.7 Å². The number of fused-ring (bicyclic) bond motifs is 1. The van der Waals surface area contributed by atoms with Crippen LogP contribution in [0.25, 0.3) is 33.5 Å². The summed E-state index contributed by atoms with van der Waals surface area (Å²) in [6.45, 7) is 5.81. The lowest BCUT2D eigenvalue weighted by Gasteiger charge is -2.13. The number of sulfonamides is 1. The van der Waals surface area contributed by atoms with Gasteiger partial charge in [-0.3, -0.25) is 14.0 Å². The molecule has 0 bridgehead atoms. The molecule has 34 heavy (non-hydrogen) atoms. The van der Waals surface area contributed by atoms with Crippen LogP contribution in [-0.4, -0.2) is 38.1 Å². The van der Waals surface area contributed by atoms with Crippen LogP contribution in [0.4, 0.5) is 5.69 Å². The smallest absolute Gasteiger partial charge is 0.232 e. The van der Waals surface area contributed by atoms with Crippen LogP contribution < -0.4 is 4.72 Å². The molecule has 3 heterocycles. The lowest BCUT2D eigenvalue weighted by molar-refractivity contribution is 0.532. The van der Waals surface area contributed by atoms with Gasteiger partial charge in [-0.25, -0.2) is 13.4 Å². The Morgan fingerprint density at radius 1 is 1.00 bits per heavy atom. The monoisotopic (exact) mass is 474 g/mol. The normalized spacial score (nSPS) is 12.0. The zero-order valence-corrected chi connectivity index (χ0v) is 20.1. The number of benzene rings is 2. The van der Waals surface area contributed by atoms with Crippen molar-refractivity contribution in [2.45, 2.75) is 26.8 Å². The summed E-state index contributed by atoms with van der Waals surface area (Å²) in [4.78, 5) is 4.63. The summed E-state index contributed by atoms with van der Waals surface area (Å²) in [5, 5.41) is 4.44. The van der Waals surface area contributed by atoms with Crippen LogP contribution in [0, 0.1) is 0 Å². The Balaban J connectivity index is 1.59. The molecule has 8 nitrogen and oxygen atoms in total. The third-order valence-electron chi connectivity index (χ3n) is 5.75. The van der Waals surface area contributed by atoms with Gasteiger partial charge in [0.25, 0.3) is 0 Å². The molecule has 174 valence electrons. The van der Waals surface area contributed by atoms with Crippen LogP contribution >= 0.6 is 0 Å². The first-order valence-electron chi connectivity index (χ1n) is 11.1. The fourth-order valence-electron chi connectivity index (χ4n) is 3.87. The minimum absolute atomic E-state index is 0.000254. The summed E-state index contributed by atoms with van der Waals surface area (Å²) in [7, 11) is -3.42. The topological polar surface area (TPSA) is 86.7 Å². The fourth-order valence-corrected chi connectivity index (χ4v) is 4.49. The minimum atomic E-state index is -3.42. The Kier molecular flexibility index (Phi) is 5.49. The molecule has 0 aliphatic rings. The Morgan fingerprint density at radius 2 is 1.76 bits per heavy atom. The molecule has 1 N–H and O–H groups in total. The number of hydrogen-bond acceptors (Lipinski definition) is 4. The predicted molar refractivity (Wildman–Crippen MR) is 135 cm³/mol. The Hall–Kier alpha value is -3.85. The lowest BCUT2D eigenvalue weighted by atomic mass is 10.1. The second-order valence-corrected chi connectivity index (χ2v) is 10.5. The largest absolute Gasteiger partial charge is 0.324 e. The second kappa shape index (κ2) is 8.49. The summed E-state index contributed by atoms with van der Waals surface area (Å²) in [5.41, 5.74) is 6.00. The third-order valence-corrected chi connectivity index (χ3v) is 7.05. The number of imidazole rings is 1. The van der Waals surface area contributed by atoms with Crippen LogP contribution in [0.2, 0.25) is 0 Å². The van der Waals surface area contributed by atoms with Gasteiger partial charge in [-0.2, -0.15) is 5.10 Å². The third kappa shape index (κ3) is 4.22. The molecular weight excluding hydrogens is 448 g/mol. The van der Waals surface area contributed by atoms with Crippen molar-refractivity contribution < 1.29 is 8.42 Å². The van der Waals surface area contributed by atoms with Crippen molar-refractivity contribution in [1.29, 1.82) is 0 Å². The van der Waals surface area contributed by atoms with E-state index in [4.69, 9.17) is 0 Å². The molecular formula is C25H26N6O2S. The summed E-state index contributed by atoms with van der Waals surface area (Å²) in [5.74, 6) is 0.000254. The summed E-state index contributed by atoms with van der Waals surface area (Å²) < 4.78 is 33.0. The molecule has 3 aromatic heterocycles. The van der Waals surface area contributed by atoms with E-state index in [0.29, 0.717) is 11.7 Å². The van der Waals surface area contributed by atoms with Gasteiger partial charge in [0, 0.05) is 35.9 Å². The Morgan fingerprint density at radius 3 is 2.47 bits per heavy atom. The average Bonchev–Trinajstić information content (AvgIpc) is 3.59. The lowest BCUT2D eigenvalue weighted by Crippen LogP contribution is -2.15. The summed E-state index contributed by atoms with van der Waals surface area (Å²) in [6, 6.07) is 15.9. The maximum atomic E-state index is 12.2. The summed E-state index contributed by atoms with van der Waals surface area (Å²) in [6.07, 6.45) is 9.51. The molecule has 0 fully saturated rings. The van der Waals surface area contributed by atoms with Crippen LogP contribution in [0.15, 0.2) is 79.6 Å². The molecule has 0 spiro atoms. The van der Waals surface area contributed by atoms with E-state index >= 15 is 0 Å². The molecule has 0 aliphatic heterocycles. The molecule has 2 aromatic carbocycles. The maximum Gasteiger partial charge on any atom is 0.232 e. The maximum absolute atomic E-state index is 12.2. The van der Waals surface area contributed by atoms with Crippen molar-refractivity contribution in [1.82, 2.24) is 23.9 Å². The van der Waals surface area contributed by atoms with E-state index in [1.807, 2.05) is 81.1 Å². The highest BCUT2D eigenvalue weighted by Gasteiger charge is 2.13. The second-order valence-electron chi connectivity index (χ2n) is 8.45. The Labute approximate surface area is 198 Å². The number of hydrogen-bond donors (Lipinski definition) is 1. The minimum Gasteiger partial charge on any atom is -0.324 e. The van der Waals surface area contributed by atoms with Gasteiger partial charge in [0.2, 0.25) is 10.0 Å². The van der Waals surface area contributed by atoms with Gasteiger partial charge in [-0.15, -0.1) is 0 Å². The fraction of sp³-hybridized carbons (Fsp3) is 0.200. The van der Waals surface area contributed by atoms with Crippen molar-refractivity contribution in [3.63, 3.8) is 0 Å².